The number of nitrogens with zero attached hydrogens (tertiary/aromatic N) is 2. The van der Waals surface area contributed by atoms with E-state index in [1.807, 2.05) is 6.07 Å². The molecule has 0 radical (unpaired) electrons. The van der Waals surface area contributed by atoms with Gasteiger partial charge in [0.2, 0.25) is 0 Å². The van der Waals surface area contributed by atoms with Gasteiger partial charge in [0.1, 0.15) is 0 Å². The number of aliphatic imine (C=N–C) groups is 1. The largest absolute Gasteiger partial charge is 0.357 e. The average Bonchev–Trinajstić information content (AvgIpc) is 2.67. The Hall–Kier alpha value is -1.06. The fourth-order valence-corrected chi connectivity index (χ4v) is 3.43. The molecule has 0 saturated carbocycles. The maximum atomic E-state index is 12.2. The van der Waals surface area contributed by atoms with Gasteiger partial charge in [-0.05, 0) is 44.9 Å². The van der Waals surface area contributed by atoms with Gasteiger partial charge in [-0.15, -0.1) is 24.0 Å². The van der Waals surface area contributed by atoms with Crippen LogP contribution in [0.2, 0.25) is 5.02 Å². The Balaban J connectivity index is 0.00000392. The molecular weight excluding hydrogens is 489 g/mol. The minimum atomic E-state index is -0.169. The second kappa shape index (κ2) is 14.0. The summed E-state index contributed by atoms with van der Waals surface area (Å²) in [7, 11) is 0. The number of halogens is 2. The smallest absolute Gasteiger partial charge is 0.252 e. The molecule has 158 valence electrons. The molecule has 0 aromatic heterocycles. The number of carbonyl (C=O) groups excluding carboxylic acids is 1. The Morgan fingerprint density at radius 2 is 1.93 bits per heavy atom. The third kappa shape index (κ3) is 8.53. The highest BCUT2D eigenvalue weighted by atomic mass is 127. The van der Waals surface area contributed by atoms with Crippen molar-refractivity contribution in [2.45, 2.75) is 39.2 Å². The summed E-state index contributed by atoms with van der Waals surface area (Å²) in [4.78, 5) is 19.3. The van der Waals surface area contributed by atoms with Crippen LogP contribution in [0.3, 0.4) is 0 Å². The highest BCUT2D eigenvalue weighted by Crippen LogP contribution is 2.14. The number of amides is 1. The van der Waals surface area contributed by atoms with Gasteiger partial charge in [0, 0.05) is 32.2 Å². The van der Waals surface area contributed by atoms with Crippen LogP contribution >= 0.6 is 35.6 Å². The first-order valence-electron chi connectivity index (χ1n) is 9.94. The van der Waals surface area contributed by atoms with Crippen molar-refractivity contribution in [3.8, 4) is 0 Å². The first-order valence-corrected chi connectivity index (χ1v) is 10.3. The molecule has 0 spiro atoms. The van der Waals surface area contributed by atoms with Gasteiger partial charge in [0.05, 0.1) is 17.1 Å². The summed E-state index contributed by atoms with van der Waals surface area (Å²) < 4.78 is 0. The van der Waals surface area contributed by atoms with E-state index in [1.165, 1.54) is 13.0 Å². The van der Waals surface area contributed by atoms with Gasteiger partial charge in [0.15, 0.2) is 5.96 Å². The van der Waals surface area contributed by atoms with E-state index in [0.717, 1.165) is 38.4 Å². The molecule has 8 heteroatoms. The van der Waals surface area contributed by atoms with Crippen molar-refractivity contribution in [3.63, 3.8) is 0 Å². The monoisotopic (exact) mass is 521 g/mol. The summed E-state index contributed by atoms with van der Waals surface area (Å²) in [6.45, 7) is 9.54. The molecule has 1 aliphatic rings. The number of carbonyl (C=O) groups is 1. The van der Waals surface area contributed by atoms with Crippen LogP contribution in [-0.2, 0) is 0 Å². The topological polar surface area (TPSA) is 68.8 Å². The molecule has 28 heavy (non-hydrogen) atoms. The highest BCUT2D eigenvalue weighted by Gasteiger charge is 2.19. The van der Waals surface area contributed by atoms with Gasteiger partial charge in [-0.3, -0.25) is 9.79 Å². The molecule has 0 unspecified atom stereocenters. The lowest BCUT2D eigenvalue weighted by molar-refractivity contribution is 0.0955. The van der Waals surface area contributed by atoms with Crippen LogP contribution in [0.25, 0.3) is 0 Å². The van der Waals surface area contributed by atoms with Crippen LogP contribution in [0.1, 0.15) is 43.5 Å². The van der Waals surface area contributed by atoms with Crippen LogP contribution in [0.4, 0.5) is 0 Å². The maximum Gasteiger partial charge on any atom is 0.252 e. The lowest BCUT2D eigenvalue weighted by Crippen LogP contribution is -2.49. The lowest BCUT2D eigenvalue weighted by Gasteiger charge is -2.32. The number of nitrogens with one attached hydrogen (secondary N) is 3. The van der Waals surface area contributed by atoms with E-state index in [0.29, 0.717) is 29.7 Å². The lowest BCUT2D eigenvalue weighted by atomic mass is 10.1. The van der Waals surface area contributed by atoms with Crippen LogP contribution in [0, 0.1) is 0 Å². The van der Waals surface area contributed by atoms with E-state index in [1.54, 1.807) is 18.2 Å². The summed E-state index contributed by atoms with van der Waals surface area (Å²) in [6.07, 6.45) is 3.48. The van der Waals surface area contributed by atoms with E-state index < -0.39 is 0 Å². The van der Waals surface area contributed by atoms with E-state index in [2.05, 4.69) is 39.7 Å². The van der Waals surface area contributed by atoms with Crippen LogP contribution in [-0.4, -0.2) is 62.1 Å². The molecular formula is C20H33ClIN5O. The van der Waals surface area contributed by atoms with Crippen LogP contribution < -0.4 is 16.0 Å². The molecule has 1 heterocycles. The summed E-state index contributed by atoms with van der Waals surface area (Å²) in [5.74, 6) is 0.649. The summed E-state index contributed by atoms with van der Waals surface area (Å²) in [5.41, 5.74) is 0.493. The normalized spacial score (nSPS) is 15.6. The van der Waals surface area contributed by atoms with Crippen LogP contribution in [0.15, 0.2) is 29.3 Å². The Morgan fingerprint density at radius 3 is 2.57 bits per heavy atom. The van der Waals surface area contributed by atoms with Gasteiger partial charge < -0.3 is 20.9 Å². The zero-order chi connectivity index (χ0) is 19.5. The van der Waals surface area contributed by atoms with Crippen molar-refractivity contribution in [2.24, 2.45) is 4.99 Å². The van der Waals surface area contributed by atoms with Gasteiger partial charge >= 0.3 is 0 Å². The predicted molar refractivity (Wildman–Crippen MR) is 128 cm³/mol. The average molecular weight is 522 g/mol. The summed E-state index contributed by atoms with van der Waals surface area (Å²) >= 11 is 6.05. The van der Waals surface area contributed by atoms with Crippen molar-refractivity contribution in [3.05, 3.63) is 34.9 Å². The number of rotatable bonds is 8. The van der Waals surface area contributed by atoms with Crippen molar-refractivity contribution >= 4 is 47.4 Å². The third-order valence-corrected chi connectivity index (χ3v) is 4.93. The standard InChI is InChI=1S/C20H32ClN5O.HI/c1-3-13-26-14-9-16(10-15-26)25-20(22-4-2)24-12-11-23-19(27)17-7-5-6-8-18(17)21;/h5-8,16H,3-4,9-15H2,1-2H3,(H,23,27)(H2,22,24,25);1H. The second-order valence-corrected chi connectivity index (χ2v) is 7.16. The van der Waals surface area contributed by atoms with Crippen molar-refractivity contribution < 1.29 is 4.79 Å². The number of piperidine rings is 1. The van der Waals surface area contributed by atoms with Crippen molar-refractivity contribution in [2.75, 3.05) is 39.3 Å². The third-order valence-electron chi connectivity index (χ3n) is 4.60. The van der Waals surface area contributed by atoms with Gasteiger partial charge in [-0.2, -0.15) is 0 Å². The predicted octanol–water partition coefficient (Wildman–Crippen LogP) is 3.12. The minimum Gasteiger partial charge on any atom is -0.357 e. The Labute approximate surface area is 190 Å². The Bertz CT molecular complexity index is 620. The Kier molecular flexibility index (Phi) is 12.5. The number of hydrogen-bond acceptors (Lipinski definition) is 3. The summed E-state index contributed by atoms with van der Waals surface area (Å²) in [5, 5.41) is 10.1. The number of benzene rings is 1. The first kappa shape index (κ1) is 25.0. The highest BCUT2D eigenvalue weighted by molar-refractivity contribution is 14.0. The van der Waals surface area contributed by atoms with E-state index in [-0.39, 0.29) is 29.9 Å². The van der Waals surface area contributed by atoms with E-state index in [4.69, 9.17) is 11.6 Å². The molecule has 0 bridgehead atoms. The van der Waals surface area contributed by atoms with Gasteiger partial charge in [0.25, 0.3) is 5.91 Å². The minimum absolute atomic E-state index is 0. The van der Waals surface area contributed by atoms with Crippen molar-refractivity contribution in [1.82, 2.24) is 20.9 Å². The molecule has 3 N–H and O–H groups in total. The zero-order valence-corrected chi connectivity index (χ0v) is 19.9. The van der Waals surface area contributed by atoms with E-state index in [9.17, 15) is 4.79 Å². The number of hydrogen-bond donors (Lipinski definition) is 3. The fourth-order valence-electron chi connectivity index (χ4n) is 3.21. The quantitative estimate of drug-likeness (QED) is 0.213. The molecule has 0 atom stereocenters. The van der Waals surface area contributed by atoms with Gasteiger partial charge in [-0.1, -0.05) is 30.7 Å². The molecule has 2 rings (SSSR count). The van der Waals surface area contributed by atoms with Crippen LogP contribution in [0.5, 0.6) is 0 Å². The van der Waals surface area contributed by atoms with Crippen molar-refractivity contribution in [1.29, 1.82) is 0 Å². The molecule has 1 aromatic carbocycles. The molecule has 0 aliphatic carbocycles. The zero-order valence-electron chi connectivity index (χ0n) is 16.8. The fraction of sp³-hybridized carbons (Fsp3) is 0.600. The van der Waals surface area contributed by atoms with E-state index >= 15 is 0 Å². The van der Waals surface area contributed by atoms with Gasteiger partial charge in [-0.25, -0.2) is 0 Å². The molecule has 1 aliphatic heterocycles. The molecule has 1 saturated heterocycles. The Morgan fingerprint density at radius 1 is 1.21 bits per heavy atom. The number of likely N-dealkylation sites (tertiary alicyclic amines) is 1. The summed E-state index contributed by atoms with van der Waals surface area (Å²) in [6, 6.07) is 7.50. The molecule has 1 amide bonds. The maximum absolute atomic E-state index is 12.2. The second-order valence-electron chi connectivity index (χ2n) is 6.76. The molecule has 6 nitrogen and oxygen atoms in total. The number of guanidine groups is 1. The molecule has 1 fully saturated rings. The SMILES string of the molecule is CCCN1CCC(NC(=NCCNC(=O)c2ccccc2Cl)NCC)CC1.I. The first-order chi connectivity index (χ1) is 13.1. The molecule has 1 aromatic rings.